The van der Waals surface area contributed by atoms with Crippen molar-refractivity contribution in [3.63, 3.8) is 0 Å². The fraction of sp³-hybridized carbons (Fsp3) is 0.393. The SMILES string of the molecule is CCCCN(Cc1ccc(OOC(=O)CCC)c(C)c1)c1ncnc(-c2ccc(CN)cc2)c1C. The monoisotopic (exact) mass is 476 g/mol. The average Bonchev–Trinajstić information content (AvgIpc) is 2.86. The van der Waals surface area contributed by atoms with Crippen molar-refractivity contribution < 1.29 is 14.6 Å². The molecule has 0 aliphatic heterocycles. The van der Waals surface area contributed by atoms with E-state index in [-0.39, 0.29) is 5.97 Å². The molecule has 35 heavy (non-hydrogen) atoms. The zero-order valence-corrected chi connectivity index (χ0v) is 21.2. The number of nitrogens with zero attached hydrogens (tertiary/aromatic N) is 3. The first-order valence-corrected chi connectivity index (χ1v) is 12.3. The molecule has 0 aliphatic rings. The molecule has 0 amide bonds. The minimum absolute atomic E-state index is 0.334. The highest BCUT2D eigenvalue weighted by atomic mass is 17.2. The Kier molecular flexibility index (Phi) is 9.61. The number of aryl methyl sites for hydroxylation is 1. The van der Waals surface area contributed by atoms with Crippen molar-refractivity contribution in [2.45, 2.75) is 66.5 Å². The van der Waals surface area contributed by atoms with Gasteiger partial charge in [-0.25, -0.2) is 14.8 Å². The van der Waals surface area contributed by atoms with Crippen LogP contribution in [0.3, 0.4) is 0 Å². The smallest absolute Gasteiger partial charge is 0.352 e. The van der Waals surface area contributed by atoms with Crippen LogP contribution >= 0.6 is 0 Å². The third kappa shape index (κ3) is 7.02. The summed E-state index contributed by atoms with van der Waals surface area (Å²) in [6.45, 7) is 10.2. The third-order valence-electron chi connectivity index (χ3n) is 5.89. The quantitative estimate of drug-likeness (QED) is 0.266. The minimum atomic E-state index is -0.366. The number of hydrogen-bond acceptors (Lipinski definition) is 7. The van der Waals surface area contributed by atoms with Crippen molar-refractivity contribution in [3.05, 3.63) is 71.0 Å². The summed E-state index contributed by atoms with van der Waals surface area (Å²) in [5, 5.41) is 0. The second kappa shape index (κ2) is 12.9. The Morgan fingerprint density at radius 1 is 1.00 bits per heavy atom. The molecule has 3 rings (SSSR count). The highest BCUT2D eigenvalue weighted by molar-refractivity contribution is 5.69. The molecule has 0 saturated heterocycles. The summed E-state index contributed by atoms with van der Waals surface area (Å²) in [6, 6.07) is 14.1. The van der Waals surface area contributed by atoms with E-state index in [2.05, 4.69) is 46.9 Å². The topological polar surface area (TPSA) is 90.6 Å². The third-order valence-corrected chi connectivity index (χ3v) is 5.89. The average molecular weight is 477 g/mol. The lowest BCUT2D eigenvalue weighted by molar-refractivity contribution is -0.214. The number of carbonyl (C=O) groups is 1. The first-order valence-electron chi connectivity index (χ1n) is 12.3. The molecular formula is C28H36N4O3. The number of benzene rings is 2. The van der Waals surface area contributed by atoms with Gasteiger partial charge < -0.3 is 10.6 Å². The van der Waals surface area contributed by atoms with Gasteiger partial charge in [0, 0.05) is 37.2 Å². The van der Waals surface area contributed by atoms with Gasteiger partial charge in [-0.3, -0.25) is 9.78 Å². The standard InChI is InChI=1S/C28H36N4O3/c1-5-7-15-32(18-23-11-14-25(20(3)16-23)34-35-26(33)8-6-2)28-21(4)27(30-19-31-28)24-12-9-22(17-29)10-13-24/h9-14,16,19H,5-8,15,17-18,29H2,1-4H3. The molecule has 2 N–H and O–H groups in total. The highest BCUT2D eigenvalue weighted by Crippen LogP contribution is 2.29. The summed E-state index contributed by atoms with van der Waals surface area (Å²) in [7, 11) is 0. The maximum Gasteiger partial charge on any atom is 0.355 e. The van der Waals surface area contributed by atoms with Gasteiger partial charge in [0.05, 0.1) is 5.69 Å². The van der Waals surface area contributed by atoms with Crippen LogP contribution in [0.15, 0.2) is 48.8 Å². The summed E-state index contributed by atoms with van der Waals surface area (Å²) in [5.41, 5.74) is 11.9. The number of hydrogen-bond donors (Lipinski definition) is 1. The first-order chi connectivity index (χ1) is 17.0. The van der Waals surface area contributed by atoms with E-state index in [1.165, 1.54) is 0 Å². The maximum absolute atomic E-state index is 11.6. The molecule has 0 bridgehead atoms. The van der Waals surface area contributed by atoms with Gasteiger partial charge in [0.2, 0.25) is 0 Å². The number of carbonyl (C=O) groups excluding carboxylic acids is 1. The minimum Gasteiger partial charge on any atom is -0.352 e. The Morgan fingerprint density at radius 2 is 1.74 bits per heavy atom. The lowest BCUT2D eigenvalue weighted by Gasteiger charge is -2.26. The van der Waals surface area contributed by atoms with E-state index < -0.39 is 0 Å². The van der Waals surface area contributed by atoms with E-state index in [0.717, 1.165) is 65.1 Å². The molecule has 1 aromatic heterocycles. The summed E-state index contributed by atoms with van der Waals surface area (Å²) >= 11 is 0. The van der Waals surface area contributed by atoms with Crippen LogP contribution < -0.4 is 15.5 Å². The van der Waals surface area contributed by atoms with E-state index in [1.54, 1.807) is 6.33 Å². The fourth-order valence-corrected chi connectivity index (χ4v) is 3.92. The molecule has 0 aliphatic carbocycles. The van der Waals surface area contributed by atoms with Gasteiger partial charge in [0.1, 0.15) is 12.1 Å². The lowest BCUT2D eigenvalue weighted by Crippen LogP contribution is -2.26. The molecule has 0 radical (unpaired) electrons. The molecule has 3 aromatic rings. The van der Waals surface area contributed by atoms with E-state index >= 15 is 0 Å². The second-order valence-electron chi connectivity index (χ2n) is 8.74. The van der Waals surface area contributed by atoms with E-state index in [1.807, 2.05) is 38.1 Å². The zero-order valence-electron chi connectivity index (χ0n) is 21.2. The molecule has 2 aromatic carbocycles. The van der Waals surface area contributed by atoms with Gasteiger partial charge in [-0.15, -0.1) is 0 Å². The molecule has 7 heteroatoms. The van der Waals surface area contributed by atoms with Crippen molar-refractivity contribution >= 4 is 11.8 Å². The van der Waals surface area contributed by atoms with Crippen molar-refractivity contribution in [2.75, 3.05) is 11.4 Å². The van der Waals surface area contributed by atoms with Crippen LogP contribution in [0, 0.1) is 13.8 Å². The Hall–Kier alpha value is -3.45. The molecule has 186 valence electrons. The number of nitrogens with two attached hydrogens (primary N) is 1. The Labute approximate surface area is 208 Å². The summed E-state index contributed by atoms with van der Waals surface area (Å²) in [4.78, 5) is 33.3. The van der Waals surface area contributed by atoms with E-state index in [4.69, 9.17) is 15.5 Å². The van der Waals surface area contributed by atoms with Gasteiger partial charge in [0.25, 0.3) is 0 Å². The maximum atomic E-state index is 11.6. The van der Waals surface area contributed by atoms with Crippen LogP contribution in [-0.2, 0) is 22.8 Å². The number of aromatic nitrogens is 2. The van der Waals surface area contributed by atoms with E-state index in [0.29, 0.717) is 25.3 Å². The van der Waals surface area contributed by atoms with Crippen LogP contribution in [0.2, 0.25) is 0 Å². The molecule has 0 fully saturated rings. The van der Waals surface area contributed by atoms with E-state index in [9.17, 15) is 4.79 Å². The molecule has 0 saturated carbocycles. The lowest BCUT2D eigenvalue weighted by atomic mass is 10.0. The predicted molar refractivity (Wildman–Crippen MR) is 139 cm³/mol. The molecule has 7 nitrogen and oxygen atoms in total. The molecule has 0 spiro atoms. The molecule has 1 heterocycles. The Morgan fingerprint density at radius 3 is 2.40 bits per heavy atom. The molecular weight excluding hydrogens is 440 g/mol. The van der Waals surface area contributed by atoms with Crippen LogP contribution in [0.1, 0.15) is 61.8 Å². The highest BCUT2D eigenvalue weighted by Gasteiger charge is 2.17. The van der Waals surface area contributed by atoms with Gasteiger partial charge in [-0.05, 0) is 49.4 Å². The number of anilines is 1. The second-order valence-corrected chi connectivity index (χ2v) is 8.74. The number of unbranched alkanes of at least 4 members (excludes halogenated alkanes) is 1. The van der Waals surface area contributed by atoms with Gasteiger partial charge in [-0.2, -0.15) is 0 Å². The summed E-state index contributed by atoms with van der Waals surface area (Å²) < 4.78 is 0. The first kappa shape index (κ1) is 26.2. The molecule has 0 atom stereocenters. The van der Waals surface area contributed by atoms with Crippen LogP contribution in [0.4, 0.5) is 5.82 Å². The largest absolute Gasteiger partial charge is 0.355 e. The van der Waals surface area contributed by atoms with Crippen LogP contribution in [0.5, 0.6) is 5.75 Å². The predicted octanol–water partition coefficient (Wildman–Crippen LogP) is 5.66. The van der Waals surface area contributed by atoms with Gasteiger partial charge in [-0.1, -0.05) is 56.7 Å². The normalized spacial score (nSPS) is 10.8. The Bertz CT molecular complexity index is 1120. The van der Waals surface area contributed by atoms with Gasteiger partial charge >= 0.3 is 5.97 Å². The Balaban J connectivity index is 1.83. The van der Waals surface area contributed by atoms with Crippen molar-refractivity contribution in [3.8, 4) is 17.0 Å². The summed E-state index contributed by atoms with van der Waals surface area (Å²) in [5.74, 6) is 1.10. The van der Waals surface area contributed by atoms with Crippen molar-refractivity contribution in [1.82, 2.24) is 9.97 Å². The van der Waals surface area contributed by atoms with Crippen LogP contribution in [0.25, 0.3) is 11.3 Å². The van der Waals surface area contributed by atoms with Gasteiger partial charge in [0.15, 0.2) is 5.75 Å². The molecule has 0 unspecified atom stereocenters. The number of rotatable bonds is 12. The van der Waals surface area contributed by atoms with Crippen LogP contribution in [-0.4, -0.2) is 22.5 Å². The summed E-state index contributed by atoms with van der Waals surface area (Å²) in [6.07, 6.45) is 4.83. The van der Waals surface area contributed by atoms with Crippen molar-refractivity contribution in [2.24, 2.45) is 5.73 Å². The zero-order chi connectivity index (χ0) is 25.2. The van der Waals surface area contributed by atoms with Crippen molar-refractivity contribution in [1.29, 1.82) is 0 Å². The fourth-order valence-electron chi connectivity index (χ4n) is 3.92.